The van der Waals surface area contributed by atoms with E-state index in [1.54, 1.807) is 12.1 Å². The first-order valence-corrected chi connectivity index (χ1v) is 8.19. The lowest BCUT2D eigenvalue weighted by atomic mass is 9.71. The van der Waals surface area contributed by atoms with Gasteiger partial charge in [0, 0.05) is 12.4 Å². The van der Waals surface area contributed by atoms with Gasteiger partial charge >= 0.3 is 0 Å². The van der Waals surface area contributed by atoms with E-state index in [0.29, 0.717) is 12.8 Å². The van der Waals surface area contributed by atoms with E-state index in [4.69, 9.17) is 0 Å². The summed E-state index contributed by atoms with van der Waals surface area (Å²) in [7, 11) is 0. The molecule has 5 nitrogen and oxygen atoms in total. The molecule has 0 atom stereocenters. The zero-order valence-electron chi connectivity index (χ0n) is 13.6. The Bertz CT molecular complexity index is 964. The molecule has 134 valence electrons. The van der Waals surface area contributed by atoms with Crippen molar-refractivity contribution in [3.63, 3.8) is 0 Å². The first kappa shape index (κ1) is 16.6. The van der Waals surface area contributed by atoms with Gasteiger partial charge in [0.25, 0.3) is 12.3 Å². The van der Waals surface area contributed by atoms with Gasteiger partial charge in [-0.1, -0.05) is 12.1 Å². The van der Waals surface area contributed by atoms with E-state index in [1.807, 2.05) is 0 Å². The number of amides is 1. The van der Waals surface area contributed by atoms with Gasteiger partial charge in [0.05, 0.1) is 11.7 Å². The molecule has 0 bridgehead atoms. The Kier molecular flexibility index (Phi) is 3.90. The first-order chi connectivity index (χ1) is 12.5. The topological polar surface area (TPSA) is 59.3 Å². The smallest absolute Gasteiger partial charge is 0.282 e. The number of nitrogens with zero attached hydrogens (tertiary/aromatic N) is 3. The zero-order valence-corrected chi connectivity index (χ0v) is 13.6. The van der Waals surface area contributed by atoms with Crippen LogP contribution in [0, 0.1) is 5.82 Å². The van der Waals surface area contributed by atoms with Crippen LogP contribution in [0.2, 0.25) is 0 Å². The largest absolute Gasteiger partial charge is 0.341 e. The standard InChI is InChI=1S/C18H15F3N4O/c19-12-4-2-11(3-5-12)18(6-1-7-18)24-17(26)15-14(16(20)21)23-13-10-22-8-9-25(13)15/h2-5,8-10,16H,1,6-7H2,(H,24,26). The van der Waals surface area contributed by atoms with Crippen molar-refractivity contribution in [1.82, 2.24) is 19.7 Å². The number of benzene rings is 1. The van der Waals surface area contributed by atoms with Gasteiger partial charge in [-0.2, -0.15) is 0 Å². The summed E-state index contributed by atoms with van der Waals surface area (Å²) in [5, 5.41) is 2.88. The molecule has 2 aromatic heterocycles. The normalized spacial score (nSPS) is 15.8. The summed E-state index contributed by atoms with van der Waals surface area (Å²) in [6.45, 7) is 0. The molecule has 0 saturated heterocycles. The minimum atomic E-state index is -2.89. The van der Waals surface area contributed by atoms with Crippen LogP contribution < -0.4 is 5.32 Å². The lowest BCUT2D eigenvalue weighted by molar-refractivity contribution is 0.0803. The fourth-order valence-electron chi connectivity index (χ4n) is 3.36. The summed E-state index contributed by atoms with van der Waals surface area (Å²) in [6, 6.07) is 5.88. The van der Waals surface area contributed by atoms with Crippen LogP contribution in [0.3, 0.4) is 0 Å². The number of aromatic nitrogens is 3. The molecule has 26 heavy (non-hydrogen) atoms. The molecule has 1 saturated carbocycles. The Labute approximate surface area is 146 Å². The number of hydrogen-bond acceptors (Lipinski definition) is 3. The molecule has 1 fully saturated rings. The molecule has 1 N–H and O–H groups in total. The molecule has 0 radical (unpaired) electrons. The number of halogens is 3. The highest BCUT2D eigenvalue weighted by Crippen LogP contribution is 2.41. The van der Waals surface area contributed by atoms with E-state index in [1.165, 1.54) is 35.1 Å². The molecule has 3 aromatic rings. The molecular weight excluding hydrogens is 345 g/mol. The molecule has 8 heteroatoms. The molecule has 0 spiro atoms. The van der Waals surface area contributed by atoms with Crippen molar-refractivity contribution in [3.8, 4) is 0 Å². The van der Waals surface area contributed by atoms with Crippen LogP contribution in [0.5, 0.6) is 0 Å². The Hall–Kier alpha value is -2.90. The number of nitrogens with one attached hydrogen (secondary N) is 1. The molecule has 1 amide bonds. The van der Waals surface area contributed by atoms with Gasteiger partial charge in [-0.05, 0) is 37.0 Å². The monoisotopic (exact) mass is 360 g/mol. The maximum atomic E-state index is 13.4. The Morgan fingerprint density at radius 2 is 1.96 bits per heavy atom. The van der Waals surface area contributed by atoms with Gasteiger partial charge in [-0.15, -0.1) is 0 Å². The van der Waals surface area contributed by atoms with Crippen molar-refractivity contribution >= 4 is 11.6 Å². The minimum Gasteiger partial charge on any atom is -0.341 e. The van der Waals surface area contributed by atoms with E-state index in [0.717, 1.165) is 12.0 Å². The summed E-state index contributed by atoms with van der Waals surface area (Å²) in [4.78, 5) is 20.6. The molecular formula is C18H15F3N4O. The lowest BCUT2D eigenvalue weighted by Gasteiger charge is -2.43. The van der Waals surface area contributed by atoms with Gasteiger partial charge < -0.3 is 5.32 Å². The van der Waals surface area contributed by atoms with Gasteiger partial charge in [0.15, 0.2) is 5.65 Å². The third kappa shape index (κ3) is 2.61. The van der Waals surface area contributed by atoms with Crippen LogP contribution in [-0.4, -0.2) is 20.3 Å². The second-order valence-electron chi connectivity index (χ2n) is 6.35. The number of carbonyl (C=O) groups is 1. The number of fused-ring (bicyclic) bond motifs is 1. The van der Waals surface area contributed by atoms with E-state index in [2.05, 4.69) is 15.3 Å². The summed E-state index contributed by atoms with van der Waals surface area (Å²) in [5.74, 6) is -1.01. The van der Waals surface area contributed by atoms with Gasteiger partial charge in [-0.3, -0.25) is 14.2 Å². The number of carbonyl (C=O) groups excluding carboxylic acids is 1. The van der Waals surface area contributed by atoms with Crippen LogP contribution in [-0.2, 0) is 5.54 Å². The minimum absolute atomic E-state index is 0.178. The van der Waals surface area contributed by atoms with Crippen molar-refractivity contribution in [2.45, 2.75) is 31.2 Å². The maximum Gasteiger partial charge on any atom is 0.282 e. The molecule has 0 aliphatic heterocycles. The second-order valence-corrected chi connectivity index (χ2v) is 6.35. The average molecular weight is 360 g/mol. The van der Waals surface area contributed by atoms with Crippen LogP contribution in [0.1, 0.15) is 47.4 Å². The third-order valence-corrected chi connectivity index (χ3v) is 4.84. The summed E-state index contributed by atoms with van der Waals surface area (Å²) in [6.07, 6.45) is 3.46. The van der Waals surface area contributed by atoms with Gasteiger partial charge in [0.1, 0.15) is 17.2 Å². The SMILES string of the molecule is O=C(NC1(c2ccc(F)cc2)CCC1)c1c(C(F)F)nc2cnccn12. The number of alkyl halides is 2. The number of imidazole rings is 1. The van der Waals surface area contributed by atoms with Gasteiger partial charge in [-0.25, -0.2) is 18.2 Å². The molecule has 4 rings (SSSR count). The van der Waals surface area contributed by atoms with Crippen molar-refractivity contribution in [2.24, 2.45) is 0 Å². The molecule has 2 heterocycles. The number of rotatable bonds is 4. The lowest BCUT2D eigenvalue weighted by Crippen LogP contribution is -2.51. The molecule has 1 aromatic carbocycles. The molecule has 1 aliphatic rings. The van der Waals surface area contributed by atoms with Crippen molar-refractivity contribution < 1.29 is 18.0 Å². The second kappa shape index (κ2) is 6.12. The molecule has 0 unspecified atom stereocenters. The highest BCUT2D eigenvalue weighted by molar-refractivity contribution is 5.95. The first-order valence-electron chi connectivity index (χ1n) is 8.19. The van der Waals surface area contributed by atoms with Crippen LogP contribution in [0.15, 0.2) is 42.9 Å². The fourth-order valence-corrected chi connectivity index (χ4v) is 3.36. The highest BCUT2D eigenvalue weighted by atomic mass is 19.3. The van der Waals surface area contributed by atoms with Crippen molar-refractivity contribution in [1.29, 1.82) is 0 Å². The van der Waals surface area contributed by atoms with E-state index >= 15 is 0 Å². The Morgan fingerprint density at radius 1 is 1.23 bits per heavy atom. The quantitative estimate of drug-likeness (QED) is 0.773. The zero-order chi connectivity index (χ0) is 18.3. The summed E-state index contributed by atoms with van der Waals surface area (Å²) in [5.41, 5.74) is -0.527. The Balaban J connectivity index is 1.73. The molecule has 1 aliphatic carbocycles. The predicted molar refractivity (Wildman–Crippen MR) is 87.3 cm³/mol. The van der Waals surface area contributed by atoms with E-state index in [-0.39, 0.29) is 17.2 Å². The third-order valence-electron chi connectivity index (χ3n) is 4.84. The number of hydrogen-bond donors (Lipinski definition) is 1. The van der Waals surface area contributed by atoms with Crippen LogP contribution >= 0.6 is 0 Å². The van der Waals surface area contributed by atoms with E-state index < -0.39 is 23.6 Å². The predicted octanol–water partition coefficient (Wildman–Crippen LogP) is 3.62. The van der Waals surface area contributed by atoms with Crippen LogP contribution in [0.4, 0.5) is 13.2 Å². The highest BCUT2D eigenvalue weighted by Gasteiger charge is 2.41. The fraction of sp³-hybridized carbons (Fsp3) is 0.278. The van der Waals surface area contributed by atoms with Crippen molar-refractivity contribution in [3.05, 3.63) is 65.6 Å². The van der Waals surface area contributed by atoms with Crippen molar-refractivity contribution in [2.75, 3.05) is 0 Å². The summed E-state index contributed by atoms with van der Waals surface area (Å²) < 4.78 is 41.3. The van der Waals surface area contributed by atoms with E-state index in [9.17, 15) is 18.0 Å². The Morgan fingerprint density at radius 3 is 2.58 bits per heavy atom. The maximum absolute atomic E-state index is 13.4. The van der Waals surface area contributed by atoms with Gasteiger partial charge in [0.2, 0.25) is 0 Å². The van der Waals surface area contributed by atoms with Crippen LogP contribution in [0.25, 0.3) is 5.65 Å². The summed E-state index contributed by atoms with van der Waals surface area (Å²) >= 11 is 0. The average Bonchev–Trinajstić information content (AvgIpc) is 2.99.